The predicted molar refractivity (Wildman–Crippen MR) is 84.2 cm³/mol. The summed E-state index contributed by atoms with van der Waals surface area (Å²) in [6.07, 6.45) is 0.144. The molecule has 3 N–H and O–H groups in total. The highest BCUT2D eigenvalue weighted by Gasteiger charge is 2.12. The maximum Gasteiger partial charge on any atom is 0.120 e. The zero-order chi connectivity index (χ0) is 15.1. The van der Waals surface area contributed by atoms with Crippen LogP contribution in [0, 0.1) is 0 Å². The van der Waals surface area contributed by atoms with E-state index >= 15 is 0 Å². The Hall–Kier alpha value is -2.04. The van der Waals surface area contributed by atoms with Crippen LogP contribution in [0.15, 0.2) is 54.6 Å². The van der Waals surface area contributed by atoms with Crippen molar-refractivity contribution >= 4 is 0 Å². The highest BCUT2D eigenvalue weighted by molar-refractivity contribution is 5.31. The summed E-state index contributed by atoms with van der Waals surface area (Å²) < 4.78 is 11.5. The van der Waals surface area contributed by atoms with Crippen molar-refractivity contribution in [1.29, 1.82) is 0 Å². The first kappa shape index (κ1) is 15.4. The fourth-order valence-corrected chi connectivity index (χ4v) is 2.01. The van der Waals surface area contributed by atoms with Gasteiger partial charge in [-0.25, -0.2) is 5.43 Å². The lowest BCUT2D eigenvalue weighted by atomic mass is 10.1. The second-order valence-electron chi connectivity index (χ2n) is 5.08. The van der Waals surface area contributed by atoms with E-state index in [1.165, 1.54) is 0 Å². The Morgan fingerprint density at radius 2 is 1.71 bits per heavy atom. The van der Waals surface area contributed by atoms with Gasteiger partial charge in [0, 0.05) is 0 Å². The standard InChI is InChI=1S/C17H22N2O2/c1-13(2)21-16-10-6-7-14(11-16)17(19-18)12-20-15-8-4-3-5-9-15/h3-11,13,17,19H,12,18H2,1-2H3. The normalized spacial score (nSPS) is 12.2. The van der Waals surface area contributed by atoms with Crippen LogP contribution in [0.2, 0.25) is 0 Å². The molecule has 0 aliphatic rings. The number of ether oxygens (including phenoxy) is 2. The lowest BCUT2D eigenvalue weighted by Gasteiger charge is -2.18. The average molecular weight is 286 g/mol. The van der Waals surface area contributed by atoms with E-state index in [-0.39, 0.29) is 12.1 Å². The van der Waals surface area contributed by atoms with E-state index in [1.54, 1.807) is 0 Å². The van der Waals surface area contributed by atoms with Crippen molar-refractivity contribution in [3.63, 3.8) is 0 Å². The van der Waals surface area contributed by atoms with E-state index in [0.29, 0.717) is 6.61 Å². The Balaban J connectivity index is 2.03. The van der Waals surface area contributed by atoms with Crippen LogP contribution >= 0.6 is 0 Å². The molecule has 112 valence electrons. The van der Waals surface area contributed by atoms with Gasteiger partial charge in [-0.1, -0.05) is 30.3 Å². The van der Waals surface area contributed by atoms with Crippen LogP contribution in [-0.2, 0) is 0 Å². The van der Waals surface area contributed by atoms with Crippen LogP contribution in [-0.4, -0.2) is 12.7 Å². The molecule has 2 rings (SSSR count). The van der Waals surface area contributed by atoms with Gasteiger partial charge < -0.3 is 9.47 Å². The molecule has 0 amide bonds. The first-order valence-electron chi connectivity index (χ1n) is 7.09. The number of hydrogen-bond donors (Lipinski definition) is 2. The van der Waals surface area contributed by atoms with Crippen LogP contribution in [0.25, 0.3) is 0 Å². The third-order valence-corrected chi connectivity index (χ3v) is 2.99. The van der Waals surface area contributed by atoms with Crippen LogP contribution in [0.3, 0.4) is 0 Å². The number of nitrogens with one attached hydrogen (secondary N) is 1. The van der Waals surface area contributed by atoms with E-state index in [2.05, 4.69) is 5.43 Å². The minimum atomic E-state index is -0.0964. The number of hydrogen-bond acceptors (Lipinski definition) is 4. The predicted octanol–water partition coefficient (Wildman–Crippen LogP) is 3.06. The van der Waals surface area contributed by atoms with Crippen molar-refractivity contribution < 1.29 is 9.47 Å². The van der Waals surface area contributed by atoms with Crippen LogP contribution in [0.1, 0.15) is 25.5 Å². The van der Waals surface area contributed by atoms with Gasteiger partial charge in [0.1, 0.15) is 18.1 Å². The van der Waals surface area contributed by atoms with Gasteiger partial charge >= 0.3 is 0 Å². The van der Waals surface area contributed by atoms with Gasteiger partial charge in [-0.3, -0.25) is 5.84 Å². The molecule has 1 unspecified atom stereocenters. The summed E-state index contributed by atoms with van der Waals surface area (Å²) in [5, 5.41) is 0. The second kappa shape index (κ2) is 7.67. The molecule has 2 aromatic rings. The lowest BCUT2D eigenvalue weighted by Crippen LogP contribution is -2.32. The van der Waals surface area contributed by atoms with Crippen LogP contribution in [0.4, 0.5) is 0 Å². The van der Waals surface area contributed by atoms with E-state index in [4.69, 9.17) is 15.3 Å². The second-order valence-corrected chi connectivity index (χ2v) is 5.08. The summed E-state index contributed by atoms with van der Waals surface area (Å²) in [5.41, 5.74) is 3.82. The van der Waals surface area contributed by atoms with Gasteiger partial charge in [0.05, 0.1) is 12.1 Å². The lowest BCUT2D eigenvalue weighted by molar-refractivity contribution is 0.240. The third-order valence-electron chi connectivity index (χ3n) is 2.99. The number of benzene rings is 2. The minimum absolute atomic E-state index is 0.0964. The number of hydrazine groups is 1. The summed E-state index contributed by atoms with van der Waals surface area (Å²) in [6, 6.07) is 17.5. The number of nitrogens with two attached hydrogens (primary N) is 1. The summed E-state index contributed by atoms with van der Waals surface area (Å²) in [6.45, 7) is 4.46. The summed E-state index contributed by atoms with van der Waals surface area (Å²) >= 11 is 0. The Labute approximate surface area is 125 Å². The van der Waals surface area contributed by atoms with Crippen molar-refractivity contribution in [1.82, 2.24) is 5.43 Å². The highest BCUT2D eigenvalue weighted by Crippen LogP contribution is 2.21. The molecule has 21 heavy (non-hydrogen) atoms. The smallest absolute Gasteiger partial charge is 0.120 e. The molecule has 0 heterocycles. The molecule has 1 atom stereocenters. The van der Waals surface area contributed by atoms with Crippen molar-refractivity contribution in [3.05, 3.63) is 60.2 Å². The fourth-order valence-electron chi connectivity index (χ4n) is 2.01. The molecular formula is C17H22N2O2. The summed E-state index contributed by atoms with van der Waals surface area (Å²) in [5.74, 6) is 7.31. The van der Waals surface area contributed by atoms with Gasteiger partial charge in [0.15, 0.2) is 0 Å². The molecule has 0 radical (unpaired) electrons. The zero-order valence-electron chi connectivity index (χ0n) is 12.5. The average Bonchev–Trinajstić information content (AvgIpc) is 2.49. The van der Waals surface area contributed by atoms with E-state index in [1.807, 2.05) is 68.4 Å². The van der Waals surface area contributed by atoms with E-state index in [0.717, 1.165) is 17.1 Å². The van der Waals surface area contributed by atoms with Crippen molar-refractivity contribution in [3.8, 4) is 11.5 Å². The summed E-state index contributed by atoms with van der Waals surface area (Å²) in [4.78, 5) is 0. The molecule has 4 nitrogen and oxygen atoms in total. The van der Waals surface area contributed by atoms with Crippen LogP contribution < -0.4 is 20.7 Å². The first-order chi connectivity index (χ1) is 10.2. The SMILES string of the molecule is CC(C)Oc1cccc(C(COc2ccccc2)NN)c1. The molecule has 0 aromatic heterocycles. The monoisotopic (exact) mass is 286 g/mol. The minimum Gasteiger partial charge on any atom is -0.492 e. The molecule has 0 fully saturated rings. The van der Waals surface area contributed by atoms with E-state index in [9.17, 15) is 0 Å². The van der Waals surface area contributed by atoms with Gasteiger partial charge in [-0.15, -0.1) is 0 Å². The number of para-hydroxylation sites is 1. The molecule has 2 aromatic carbocycles. The molecule has 0 aliphatic heterocycles. The van der Waals surface area contributed by atoms with Gasteiger partial charge in [-0.2, -0.15) is 0 Å². The Morgan fingerprint density at radius 1 is 1.00 bits per heavy atom. The molecule has 4 heteroatoms. The Morgan fingerprint density at radius 3 is 2.38 bits per heavy atom. The molecular weight excluding hydrogens is 264 g/mol. The first-order valence-corrected chi connectivity index (χ1v) is 7.09. The maximum absolute atomic E-state index is 5.75. The topological polar surface area (TPSA) is 56.5 Å². The van der Waals surface area contributed by atoms with Gasteiger partial charge in [-0.05, 0) is 43.7 Å². The highest BCUT2D eigenvalue weighted by atomic mass is 16.5. The molecule has 0 spiro atoms. The fraction of sp³-hybridized carbons (Fsp3) is 0.294. The van der Waals surface area contributed by atoms with Crippen molar-refractivity contribution in [2.45, 2.75) is 26.0 Å². The molecule has 0 bridgehead atoms. The molecule has 0 saturated heterocycles. The summed E-state index contributed by atoms with van der Waals surface area (Å²) in [7, 11) is 0. The third kappa shape index (κ3) is 4.77. The quantitative estimate of drug-likeness (QED) is 0.607. The van der Waals surface area contributed by atoms with Gasteiger partial charge in [0.25, 0.3) is 0 Å². The molecule has 0 saturated carbocycles. The van der Waals surface area contributed by atoms with Crippen molar-refractivity contribution in [2.24, 2.45) is 5.84 Å². The van der Waals surface area contributed by atoms with Gasteiger partial charge in [0.2, 0.25) is 0 Å². The zero-order valence-corrected chi connectivity index (χ0v) is 12.5. The largest absolute Gasteiger partial charge is 0.492 e. The van der Waals surface area contributed by atoms with E-state index < -0.39 is 0 Å². The number of rotatable bonds is 7. The van der Waals surface area contributed by atoms with Crippen molar-refractivity contribution in [2.75, 3.05) is 6.61 Å². The Kier molecular flexibility index (Phi) is 5.60. The van der Waals surface area contributed by atoms with Crippen LogP contribution in [0.5, 0.6) is 11.5 Å². The Bertz CT molecular complexity index is 543. The molecule has 0 aliphatic carbocycles. The maximum atomic E-state index is 5.75.